The molecule has 0 bridgehead atoms. The Hall–Kier alpha value is -2.82. The highest BCUT2D eigenvalue weighted by molar-refractivity contribution is 6.01. The molecule has 1 N–H and O–H groups in total. The van der Waals surface area contributed by atoms with Crippen LogP contribution in [0.2, 0.25) is 0 Å². The highest BCUT2D eigenvalue weighted by Gasteiger charge is 2.51. The van der Waals surface area contributed by atoms with Gasteiger partial charge in [0.1, 0.15) is 5.82 Å². The number of amides is 1. The van der Waals surface area contributed by atoms with Crippen molar-refractivity contribution in [2.24, 2.45) is 0 Å². The van der Waals surface area contributed by atoms with Crippen LogP contribution in [0.5, 0.6) is 11.5 Å². The Labute approximate surface area is 153 Å². The van der Waals surface area contributed by atoms with Gasteiger partial charge in [0.2, 0.25) is 12.7 Å². The van der Waals surface area contributed by atoms with Gasteiger partial charge in [0.25, 0.3) is 0 Å². The molecule has 134 valence electrons. The minimum Gasteiger partial charge on any atom is -0.454 e. The smallest absolute Gasteiger partial charge is 0.236 e. The highest BCUT2D eigenvalue weighted by atomic mass is 16.7. The number of benzene rings is 1. The Balaban J connectivity index is 0.00000180. The van der Waals surface area contributed by atoms with Gasteiger partial charge in [-0.15, -0.1) is 0 Å². The summed E-state index contributed by atoms with van der Waals surface area (Å²) in [4.78, 5) is 17.3. The molecule has 1 aliphatic heterocycles. The van der Waals surface area contributed by atoms with E-state index in [9.17, 15) is 4.79 Å². The van der Waals surface area contributed by atoms with Gasteiger partial charge in [-0.3, -0.25) is 4.79 Å². The van der Waals surface area contributed by atoms with E-state index in [1.54, 1.807) is 0 Å². The first-order valence-electron chi connectivity index (χ1n) is 9.12. The summed E-state index contributed by atoms with van der Waals surface area (Å²) in [6.45, 7) is 0.241. The van der Waals surface area contributed by atoms with E-state index in [2.05, 4.69) is 16.4 Å². The number of pyridine rings is 1. The summed E-state index contributed by atoms with van der Waals surface area (Å²) in [5.74, 6) is 2.05. The normalized spacial score (nSPS) is 19.2. The Morgan fingerprint density at radius 1 is 1.15 bits per heavy atom. The van der Waals surface area contributed by atoms with Crippen molar-refractivity contribution in [1.82, 2.24) is 4.98 Å². The average Bonchev–Trinajstić information content (AvgIpc) is 3.08. The minimum absolute atomic E-state index is 0. The molecule has 0 atom stereocenters. The maximum atomic E-state index is 12.9. The molecule has 5 rings (SSSR count). The van der Waals surface area contributed by atoms with Crippen LogP contribution in [0.15, 0.2) is 42.6 Å². The maximum absolute atomic E-state index is 12.9. The number of hydrogen-bond donors (Lipinski definition) is 1. The lowest BCUT2D eigenvalue weighted by Gasteiger charge is -2.16. The number of fused-ring (bicyclic) bond motifs is 1. The SMILES string of the molecule is O=C(Nc1ccc(C2=CCCC2)cn1)C1(c2ccc3c(c2)OCO3)CC1.[HH]. The number of rotatable bonds is 4. The van der Waals surface area contributed by atoms with Gasteiger partial charge in [0.15, 0.2) is 11.5 Å². The molecule has 2 aliphatic carbocycles. The van der Waals surface area contributed by atoms with Crippen molar-refractivity contribution in [3.05, 3.63) is 53.7 Å². The molecule has 5 nitrogen and oxygen atoms in total. The first kappa shape index (κ1) is 15.4. The number of nitrogens with zero attached hydrogens (tertiary/aromatic N) is 1. The predicted molar refractivity (Wildman–Crippen MR) is 100 cm³/mol. The van der Waals surface area contributed by atoms with Gasteiger partial charge in [-0.1, -0.05) is 12.1 Å². The summed E-state index contributed by atoms with van der Waals surface area (Å²) >= 11 is 0. The fourth-order valence-corrected chi connectivity index (χ4v) is 3.79. The number of ether oxygens (including phenoxy) is 2. The van der Waals surface area contributed by atoms with Gasteiger partial charge in [0, 0.05) is 7.62 Å². The molecule has 3 aliphatic rings. The third-order valence-corrected chi connectivity index (χ3v) is 5.53. The summed E-state index contributed by atoms with van der Waals surface area (Å²) in [5, 5.41) is 2.99. The zero-order chi connectivity index (χ0) is 17.6. The molecule has 1 saturated carbocycles. The van der Waals surface area contributed by atoms with Crippen molar-refractivity contribution in [2.75, 3.05) is 12.1 Å². The summed E-state index contributed by atoms with van der Waals surface area (Å²) in [5.41, 5.74) is 3.01. The summed E-state index contributed by atoms with van der Waals surface area (Å²) in [7, 11) is 0. The molecule has 0 unspecified atom stereocenters. The van der Waals surface area contributed by atoms with E-state index in [-0.39, 0.29) is 14.1 Å². The van der Waals surface area contributed by atoms with Gasteiger partial charge in [0.05, 0.1) is 5.41 Å². The molecule has 2 aromatic rings. The van der Waals surface area contributed by atoms with Gasteiger partial charge in [-0.25, -0.2) is 4.98 Å². The van der Waals surface area contributed by atoms with Gasteiger partial charge in [-0.05, 0) is 73.1 Å². The second kappa shape index (κ2) is 5.87. The topological polar surface area (TPSA) is 60.5 Å². The minimum atomic E-state index is -0.477. The average molecular weight is 350 g/mol. The Bertz CT molecular complexity index is 904. The lowest BCUT2D eigenvalue weighted by molar-refractivity contribution is -0.118. The second-order valence-corrected chi connectivity index (χ2v) is 7.16. The number of aromatic nitrogens is 1. The summed E-state index contributed by atoms with van der Waals surface area (Å²) in [6, 6.07) is 9.70. The van der Waals surface area contributed by atoms with Crippen molar-refractivity contribution in [3.8, 4) is 11.5 Å². The van der Waals surface area contributed by atoms with Crippen LogP contribution >= 0.6 is 0 Å². The van der Waals surface area contributed by atoms with Crippen LogP contribution in [-0.2, 0) is 10.2 Å². The van der Waals surface area contributed by atoms with E-state index in [1.807, 2.05) is 36.5 Å². The largest absolute Gasteiger partial charge is 0.454 e. The standard InChI is InChI=1S/C21H20N2O3.H2/c24-20(23-19-8-5-15(12-22-19)14-3-1-2-4-14)21(9-10-21)16-6-7-17-18(11-16)26-13-25-17;/h3,5-8,11-12H,1-2,4,9-10,13H2,(H,22,23,24);1H. The van der Waals surface area contributed by atoms with Gasteiger partial charge in [-0.2, -0.15) is 0 Å². The molecule has 1 aromatic carbocycles. The van der Waals surface area contributed by atoms with E-state index in [0.717, 1.165) is 42.6 Å². The van der Waals surface area contributed by atoms with Gasteiger partial charge < -0.3 is 14.8 Å². The first-order valence-corrected chi connectivity index (χ1v) is 9.12. The number of carbonyl (C=O) groups excluding carboxylic acids is 1. The molecule has 1 aromatic heterocycles. The van der Waals surface area contributed by atoms with Crippen molar-refractivity contribution in [2.45, 2.75) is 37.5 Å². The lowest BCUT2D eigenvalue weighted by Crippen LogP contribution is -2.28. The molecule has 0 radical (unpaired) electrons. The van der Waals surface area contributed by atoms with E-state index < -0.39 is 5.41 Å². The van der Waals surface area contributed by atoms with E-state index in [4.69, 9.17) is 9.47 Å². The Kier molecular flexibility index (Phi) is 3.48. The molecule has 26 heavy (non-hydrogen) atoms. The third-order valence-electron chi connectivity index (χ3n) is 5.53. The molecular weight excluding hydrogens is 328 g/mol. The lowest BCUT2D eigenvalue weighted by atomic mass is 9.94. The summed E-state index contributed by atoms with van der Waals surface area (Å²) < 4.78 is 10.8. The van der Waals surface area contributed by atoms with E-state index in [0.29, 0.717) is 11.6 Å². The molecule has 1 amide bonds. The number of carbonyl (C=O) groups is 1. The zero-order valence-electron chi connectivity index (χ0n) is 14.5. The Morgan fingerprint density at radius 2 is 2.04 bits per heavy atom. The molecule has 1 fully saturated rings. The monoisotopic (exact) mass is 350 g/mol. The zero-order valence-corrected chi connectivity index (χ0v) is 14.5. The van der Waals surface area contributed by atoms with Crippen LogP contribution in [0, 0.1) is 0 Å². The quantitative estimate of drug-likeness (QED) is 0.893. The van der Waals surface area contributed by atoms with E-state index in [1.165, 1.54) is 12.0 Å². The van der Waals surface area contributed by atoms with Crippen molar-refractivity contribution < 1.29 is 15.7 Å². The Morgan fingerprint density at radius 3 is 2.77 bits per heavy atom. The van der Waals surface area contributed by atoms with E-state index >= 15 is 0 Å². The van der Waals surface area contributed by atoms with Crippen molar-refractivity contribution in [1.29, 1.82) is 0 Å². The molecule has 5 heteroatoms. The molecule has 2 heterocycles. The van der Waals surface area contributed by atoms with Crippen LogP contribution in [0.1, 0.15) is 44.7 Å². The number of anilines is 1. The van der Waals surface area contributed by atoms with Crippen molar-refractivity contribution in [3.63, 3.8) is 0 Å². The van der Waals surface area contributed by atoms with Crippen molar-refractivity contribution >= 4 is 17.3 Å². The molecule has 0 saturated heterocycles. The first-order chi connectivity index (χ1) is 12.7. The fraction of sp³-hybridized carbons (Fsp3) is 0.333. The second-order valence-electron chi connectivity index (χ2n) is 7.16. The number of hydrogen-bond acceptors (Lipinski definition) is 4. The van der Waals surface area contributed by atoms with Crippen LogP contribution in [0.3, 0.4) is 0 Å². The molecule has 0 spiro atoms. The molecular formula is C21H22N2O3. The predicted octanol–water partition coefficient (Wildman–Crippen LogP) is 4.29. The van der Waals surface area contributed by atoms with Crippen LogP contribution in [0.25, 0.3) is 5.57 Å². The third kappa shape index (κ3) is 2.55. The number of nitrogens with one attached hydrogen (secondary N) is 1. The number of allylic oxidation sites excluding steroid dienone is 2. The van der Waals surface area contributed by atoms with Crippen LogP contribution in [-0.4, -0.2) is 17.7 Å². The fourth-order valence-electron chi connectivity index (χ4n) is 3.79. The maximum Gasteiger partial charge on any atom is 0.236 e. The van der Waals surface area contributed by atoms with Crippen LogP contribution < -0.4 is 14.8 Å². The highest BCUT2D eigenvalue weighted by Crippen LogP contribution is 2.51. The summed E-state index contributed by atoms with van der Waals surface area (Å²) in [6.07, 6.45) is 9.27. The van der Waals surface area contributed by atoms with Crippen LogP contribution in [0.4, 0.5) is 5.82 Å². The van der Waals surface area contributed by atoms with Gasteiger partial charge >= 0.3 is 0 Å².